The van der Waals surface area contributed by atoms with Crippen LogP contribution in [0, 0.1) is 0 Å². The average molecular weight is 337 g/mol. The predicted octanol–water partition coefficient (Wildman–Crippen LogP) is 3.85. The standard InChI is InChI=1S/C14H13BrN2O3/c1-8(2)13-16-7-11(12(17-13)14(18)19)20-10-6-4-3-5-9(10)15/h3-8H,1-2H3,(H,18,19). The maximum atomic E-state index is 11.3. The van der Waals surface area contributed by atoms with Crippen molar-refractivity contribution >= 4 is 21.9 Å². The van der Waals surface area contributed by atoms with Gasteiger partial charge >= 0.3 is 5.97 Å². The molecule has 0 saturated heterocycles. The molecule has 0 bridgehead atoms. The highest BCUT2D eigenvalue weighted by atomic mass is 79.9. The molecule has 2 rings (SSSR count). The van der Waals surface area contributed by atoms with E-state index >= 15 is 0 Å². The van der Waals surface area contributed by atoms with Gasteiger partial charge in [0.1, 0.15) is 11.6 Å². The quantitative estimate of drug-likeness (QED) is 0.917. The summed E-state index contributed by atoms with van der Waals surface area (Å²) in [6, 6.07) is 7.17. The number of rotatable bonds is 4. The summed E-state index contributed by atoms with van der Waals surface area (Å²) in [5, 5.41) is 9.24. The molecule has 6 heteroatoms. The van der Waals surface area contributed by atoms with Crippen LogP contribution < -0.4 is 4.74 Å². The molecule has 1 aromatic carbocycles. The van der Waals surface area contributed by atoms with Gasteiger partial charge in [-0.25, -0.2) is 14.8 Å². The Morgan fingerprint density at radius 1 is 1.30 bits per heavy atom. The smallest absolute Gasteiger partial charge is 0.358 e. The number of para-hydroxylation sites is 1. The first-order valence-electron chi connectivity index (χ1n) is 6.01. The maximum absolute atomic E-state index is 11.3. The molecule has 0 spiro atoms. The number of aromatic carboxylic acids is 1. The lowest BCUT2D eigenvalue weighted by molar-refractivity contribution is 0.0686. The number of hydrogen-bond acceptors (Lipinski definition) is 4. The van der Waals surface area contributed by atoms with E-state index in [0.29, 0.717) is 11.6 Å². The molecule has 20 heavy (non-hydrogen) atoms. The molecule has 0 fully saturated rings. The number of carbonyl (C=O) groups is 1. The Labute approximate surface area is 124 Å². The highest BCUT2D eigenvalue weighted by Crippen LogP contribution is 2.30. The summed E-state index contributed by atoms with van der Waals surface area (Å²) in [6.45, 7) is 3.80. The fraction of sp³-hybridized carbons (Fsp3) is 0.214. The molecule has 2 aromatic rings. The van der Waals surface area contributed by atoms with Crippen molar-refractivity contribution in [3.8, 4) is 11.5 Å². The second kappa shape index (κ2) is 6.00. The van der Waals surface area contributed by atoms with Crippen molar-refractivity contribution in [2.24, 2.45) is 0 Å². The van der Waals surface area contributed by atoms with Crippen LogP contribution in [0.1, 0.15) is 36.1 Å². The first-order valence-corrected chi connectivity index (χ1v) is 6.81. The zero-order chi connectivity index (χ0) is 14.7. The Balaban J connectivity index is 2.41. The molecule has 0 saturated carbocycles. The average Bonchev–Trinajstić information content (AvgIpc) is 2.41. The molecule has 1 N–H and O–H groups in total. The summed E-state index contributed by atoms with van der Waals surface area (Å²) in [7, 11) is 0. The molecule has 0 aliphatic heterocycles. The first-order chi connectivity index (χ1) is 9.49. The number of nitrogens with zero attached hydrogens (tertiary/aromatic N) is 2. The zero-order valence-electron chi connectivity index (χ0n) is 11.0. The monoisotopic (exact) mass is 336 g/mol. The molecule has 0 aliphatic carbocycles. The van der Waals surface area contributed by atoms with Crippen LogP contribution >= 0.6 is 15.9 Å². The van der Waals surface area contributed by atoms with E-state index in [-0.39, 0.29) is 17.4 Å². The second-order valence-corrected chi connectivity index (χ2v) is 5.29. The molecule has 0 atom stereocenters. The number of hydrogen-bond donors (Lipinski definition) is 1. The van der Waals surface area contributed by atoms with Gasteiger partial charge in [-0.3, -0.25) is 0 Å². The highest BCUT2D eigenvalue weighted by molar-refractivity contribution is 9.10. The fourth-order valence-corrected chi connectivity index (χ4v) is 1.90. The number of carboxylic acids is 1. The van der Waals surface area contributed by atoms with Gasteiger partial charge in [0.2, 0.25) is 0 Å². The third-order valence-electron chi connectivity index (χ3n) is 2.55. The lowest BCUT2D eigenvalue weighted by atomic mass is 10.2. The van der Waals surface area contributed by atoms with Crippen molar-refractivity contribution in [1.82, 2.24) is 9.97 Å². The topological polar surface area (TPSA) is 72.3 Å². The van der Waals surface area contributed by atoms with Crippen LogP contribution in [0.3, 0.4) is 0 Å². The van der Waals surface area contributed by atoms with E-state index in [2.05, 4.69) is 25.9 Å². The van der Waals surface area contributed by atoms with E-state index in [0.717, 1.165) is 4.47 Å². The number of benzene rings is 1. The van der Waals surface area contributed by atoms with Crippen LogP contribution in [0.2, 0.25) is 0 Å². The summed E-state index contributed by atoms with van der Waals surface area (Å²) >= 11 is 3.34. The second-order valence-electron chi connectivity index (χ2n) is 4.43. The normalized spacial score (nSPS) is 10.6. The number of aromatic nitrogens is 2. The molecular formula is C14H13BrN2O3. The van der Waals surface area contributed by atoms with Crippen LogP contribution in [0.5, 0.6) is 11.5 Å². The summed E-state index contributed by atoms with van der Waals surface area (Å²) in [5.41, 5.74) is -0.139. The Kier molecular flexibility index (Phi) is 4.34. The summed E-state index contributed by atoms with van der Waals surface area (Å²) in [6.07, 6.45) is 1.39. The lowest BCUT2D eigenvalue weighted by Crippen LogP contribution is -2.08. The van der Waals surface area contributed by atoms with Crippen molar-refractivity contribution in [3.05, 3.63) is 46.5 Å². The van der Waals surface area contributed by atoms with E-state index in [4.69, 9.17) is 4.74 Å². The van der Waals surface area contributed by atoms with Crippen molar-refractivity contribution in [3.63, 3.8) is 0 Å². The number of carboxylic acid groups (broad SMARTS) is 1. The van der Waals surface area contributed by atoms with Crippen LogP contribution in [0.4, 0.5) is 0 Å². The molecule has 104 valence electrons. The summed E-state index contributed by atoms with van der Waals surface area (Å²) in [5.74, 6) is 0.00791. The van der Waals surface area contributed by atoms with Gasteiger partial charge in [-0.1, -0.05) is 26.0 Å². The maximum Gasteiger partial charge on any atom is 0.358 e. The van der Waals surface area contributed by atoms with Crippen molar-refractivity contribution < 1.29 is 14.6 Å². The van der Waals surface area contributed by atoms with E-state index in [9.17, 15) is 9.90 Å². The number of halogens is 1. The van der Waals surface area contributed by atoms with E-state index < -0.39 is 5.97 Å². The molecular weight excluding hydrogens is 324 g/mol. The number of ether oxygens (including phenoxy) is 1. The summed E-state index contributed by atoms with van der Waals surface area (Å²) < 4.78 is 6.31. The molecule has 0 aliphatic rings. The Morgan fingerprint density at radius 3 is 2.60 bits per heavy atom. The molecule has 1 aromatic heterocycles. The van der Waals surface area contributed by atoms with Crippen LogP contribution in [0.25, 0.3) is 0 Å². The van der Waals surface area contributed by atoms with Gasteiger partial charge in [-0.15, -0.1) is 0 Å². The van der Waals surface area contributed by atoms with Gasteiger partial charge in [0.15, 0.2) is 11.4 Å². The minimum absolute atomic E-state index is 0.0469. The van der Waals surface area contributed by atoms with Crippen LogP contribution in [0.15, 0.2) is 34.9 Å². The molecule has 0 unspecified atom stereocenters. The van der Waals surface area contributed by atoms with Gasteiger partial charge in [0.05, 0.1) is 10.7 Å². The Morgan fingerprint density at radius 2 is 2.00 bits per heavy atom. The Hall–Kier alpha value is -1.95. The van der Waals surface area contributed by atoms with E-state index in [1.54, 1.807) is 18.2 Å². The Bertz CT molecular complexity index is 644. The van der Waals surface area contributed by atoms with Gasteiger partial charge in [-0.05, 0) is 28.1 Å². The molecule has 0 radical (unpaired) electrons. The van der Waals surface area contributed by atoms with Gasteiger partial charge < -0.3 is 9.84 Å². The molecule has 0 amide bonds. The van der Waals surface area contributed by atoms with Crippen molar-refractivity contribution in [2.45, 2.75) is 19.8 Å². The minimum Gasteiger partial charge on any atom is -0.476 e. The largest absolute Gasteiger partial charge is 0.476 e. The predicted molar refractivity (Wildman–Crippen MR) is 77.3 cm³/mol. The van der Waals surface area contributed by atoms with Crippen LogP contribution in [-0.4, -0.2) is 21.0 Å². The third kappa shape index (κ3) is 3.14. The molecule has 1 heterocycles. The minimum atomic E-state index is -1.14. The fourth-order valence-electron chi connectivity index (χ4n) is 1.54. The zero-order valence-corrected chi connectivity index (χ0v) is 12.6. The van der Waals surface area contributed by atoms with Gasteiger partial charge in [-0.2, -0.15) is 0 Å². The van der Waals surface area contributed by atoms with Gasteiger partial charge in [0, 0.05) is 5.92 Å². The lowest BCUT2D eigenvalue weighted by Gasteiger charge is -2.11. The molecule has 5 nitrogen and oxygen atoms in total. The SMILES string of the molecule is CC(C)c1ncc(Oc2ccccc2Br)c(C(=O)O)n1. The third-order valence-corrected chi connectivity index (χ3v) is 3.20. The highest BCUT2D eigenvalue weighted by Gasteiger charge is 2.18. The van der Waals surface area contributed by atoms with Crippen LogP contribution in [-0.2, 0) is 0 Å². The van der Waals surface area contributed by atoms with Crippen molar-refractivity contribution in [1.29, 1.82) is 0 Å². The van der Waals surface area contributed by atoms with Gasteiger partial charge in [0.25, 0.3) is 0 Å². The van der Waals surface area contributed by atoms with E-state index in [1.807, 2.05) is 19.9 Å². The first kappa shape index (κ1) is 14.5. The van der Waals surface area contributed by atoms with E-state index in [1.165, 1.54) is 6.20 Å². The van der Waals surface area contributed by atoms with Crippen molar-refractivity contribution in [2.75, 3.05) is 0 Å². The summed E-state index contributed by atoms with van der Waals surface area (Å²) in [4.78, 5) is 19.5.